The molecule has 0 saturated heterocycles. The van der Waals surface area contributed by atoms with Gasteiger partial charge in [-0.1, -0.05) is 6.07 Å². The highest BCUT2D eigenvalue weighted by Gasteiger charge is 2.03. The number of thiol groups is 1. The number of hydrogen-bond donors (Lipinski definition) is 2. The van der Waals surface area contributed by atoms with Gasteiger partial charge in [0.2, 0.25) is 0 Å². The normalized spacial score (nSPS) is 10.8. The summed E-state index contributed by atoms with van der Waals surface area (Å²) in [6, 6.07) is 5.51. The zero-order valence-electron chi connectivity index (χ0n) is 6.56. The van der Waals surface area contributed by atoms with Crippen LogP contribution in [-0.4, -0.2) is 13.4 Å². The molecule has 0 saturated carbocycles. The van der Waals surface area contributed by atoms with Gasteiger partial charge < -0.3 is 4.98 Å². The van der Waals surface area contributed by atoms with E-state index in [0.717, 1.165) is 10.6 Å². The van der Waals surface area contributed by atoms with Crippen molar-refractivity contribution in [1.82, 2.24) is 4.98 Å². The zero-order valence-corrected chi connectivity index (χ0v) is 8.27. The van der Waals surface area contributed by atoms with Crippen molar-refractivity contribution in [3.63, 3.8) is 0 Å². The molecule has 0 aliphatic heterocycles. The lowest BCUT2D eigenvalue weighted by Crippen LogP contribution is -1.71. The summed E-state index contributed by atoms with van der Waals surface area (Å²) in [5, 5.41) is 1.95. The molecule has 0 unspecified atom stereocenters. The van der Waals surface area contributed by atoms with Gasteiger partial charge in [0.15, 0.2) is 10.7 Å². The van der Waals surface area contributed by atoms with Gasteiger partial charge in [-0.3, -0.25) is 0 Å². The second-order valence-corrected chi connectivity index (χ2v) is 4.48. The van der Waals surface area contributed by atoms with E-state index in [4.69, 9.17) is 0 Å². The average molecular weight is 213 g/mol. The molecule has 2 rings (SSSR count). The molecule has 5 heteroatoms. The minimum Gasteiger partial charge on any atom is -0.359 e. The first-order chi connectivity index (χ1) is 6.27. The van der Waals surface area contributed by atoms with Gasteiger partial charge in [-0.25, -0.2) is 8.42 Å². The molecular formula is C8H7NO2S2. The molecule has 0 spiro atoms. The first-order valence-electron chi connectivity index (χ1n) is 3.64. The van der Waals surface area contributed by atoms with Crippen molar-refractivity contribution < 1.29 is 8.42 Å². The Bertz CT molecular complexity index is 460. The van der Waals surface area contributed by atoms with E-state index in [1.54, 1.807) is 17.4 Å². The molecule has 13 heavy (non-hydrogen) atoms. The molecule has 0 aromatic carbocycles. The Labute approximate surface area is 81.0 Å². The van der Waals surface area contributed by atoms with Crippen LogP contribution in [0.2, 0.25) is 0 Å². The van der Waals surface area contributed by atoms with Crippen LogP contribution in [0.1, 0.15) is 0 Å². The van der Waals surface area contributed by atoms with Crippen LogP contribution in [-0.2, 0) is 10.7 Å². The Morgan fingerprint density at radius 1 is 1.38 bits per heavy atom. The second kappa shape index (κ2) is 3.35. The third kappa shape index (κ3) is 1.66. The fraction of sp³-hybridized carbons (Fsp3) is 0. The standard InChI is InChI=1S/C8H7NO2S2/c10-13(11)6-4-7(9-5-6)8-2-1-3-12-8/h1-5,9,13H. The maximum Gasteiger partial charge on any atom is 0.169 e. The van der Waals surface area contributed by atoms with E-state index in [0.29, 0.717) is 4.90 Å². The minimum atomic E-state index is -2.48. The predicted octanol–water partition coefficient (Wildman–Crippen LogP) is 1.71. The lowest BCUT2D eigenvalue weighted by molar-refractivity contribution is 0.614. The van der Waals surface area contributed by atoms with Crippen LogP contribution in [0.15, 0.2) is 34.7 Å². The van der Waals surface area contributed by atoms with Crippen LogP contribution in [0.4, 0.5) is 0 Å². The third-order valence-corrected chi connectivity index (χ3v) is 3.25. The molecule has 0 radical (unpaired) electrons. The van der Waals surface area contributed by atoms with Gasteiger partial charge in [-0.05, 0) is 17.5 Å². The molecule has 0 aliphatic rings. The smallest absolute Gasteiger partial charge is 0.169 e. The van der Waals surface area contributed by atoms with Crippen molar-refractivity contribution in [3.05, 3.63) is 29.8 Å². The second-order valence-electron chi connectivity index (χ2n) is 2.51. The van der Waals surface area contributed by atoms with Gasteiger partial charge in [0.05, 0.1) is 15.5 Å². The van der Waals surface area contributed by atoms with Crippen molar-refractivity contribution in [2.24, 2.45) is 0 Å². The number of rotatable bonds is 2. The number of hydrogen-bond acceptors (Lipinski definition) is 3. The van der Waals surface area contributed by atoms with Crippen molar-refractivity contribution in [1.29, 1.82) is 0 Å². The molecule has 0 bridgehead atoms. The third-order valence-electron chi connectivity index (χ3n) is 1.67. The van der Waals surface area contributed by atoms with Crippen LogP contribution in [0.5, 0.6) is 0 Å². The summed E-state index contributed by atoms with van der Waals surface area (Å²) in [6.07, 6.45) is 1.50. The fourth-order valence-electron chi connectivity index (χ4n) is 1.06. The number of H-pyrrole nitrogens is 1. The molecule has 2 aromatic rings. The largest absolute Gasteiger partial charge is 0.359 e. The van der Waals surface area contributed by atoms with E-state index in [9.17, 15) is 8.42 Å². The Morgan fingerprint density at radius 3 is 2.77 bits per heavy atom. The van der Waals surface area contributed by atoms with Crippen molar-refractivity contribution in [3.8, 4) is 10.6 Å². The molecule has 0 aliphatic carbocycles. The monoisotopic (exact) mass is 213 g/mol. The van der Waals surface area contributed by atoms with Gasteiger partial charge >= 0.3 is 0 Å². The summed E-state index contributed by atoms with van der Waals surface area (Å²) in [7, 11) is -2.48. The van der Waals surface area contributed by atoms with Crippen LogP contribution in [0.3, 0.4) is 0 Å². The van der Waals surface area contributed by atoms with Crippen molar-refractivity contribution in [2.75, 3.05) is 0 Å². The quantitative estimate of drug-likeness (QED) is 0.746. The van der Waals surface area contributed by atoms with E-state index in [2.05, 4.69) is 4.98 Å². The van der Waals surface area contributed by atoms with E-state index < -0.39 is 10.7 Å². The van der Waals surface area contributed by atoms with Gasteiger partial charge in [0.1, 0.15) is 0 Å². The summed E-state index contributed by atoms with van der Waals surface area (Å²) >= 11 is 1.57. The highest BCUT2D eigenvalue weighted by atomic mass is 32.2. The highest BCUT2D eigenvalue weighted by molar-refractivity contribution is 7.72. The Hall–Kier alpha value is -1.07. The van der Waals surface area contributed by atoms with Crippen LogP contribution >= 0.6 is 11.3 Å². The van der Waals surface area contributed by atoms with Gasteiger partial charge in [0, 0.05) is 6.20 Å². The number of nitrogens with one attached hydrogen (secondary N) is 1. The first-order valence-corrected chi connectivity index (χ1v) is 5.70. The molecule has 3 nitrogen and oxygen atoms in total. The number of aromatic amines is 1. The summed E-state index contributed by atoms with van der Waals surface area (Å²) in [6.45, 7) is 0. The van der Waals surface area contributed by atoms with Crippen LogP contribution in [0.25, 0.3) is 10.6 Å². The first kappa shape index (κ1) is 8.52. The van der Waals surface area contributed by atoms with E-state index in [1.807, 2.05) is 17.5 Å². The maximum atomic E-state index is 10.6. The Morgan fingerprint density at radius 2 is 2.23 bits per heavy atom. The molecule has 2 aromatic heterocycles. The van der Waals surface area contributed by atoms with E-state index in [1.165, 1.54) is 6.20 Å². The van der Waals surface area contributed by atoms with Crippen LogP contribution < -0.4 is 0 Å². The topological polar surface area (TPSA) is 49.9 Å². The van der Waals surface area contributed by atoms with Gasteiger partial charge in [0.25, 0.3) is 0 Å². The summed E-state index contributed by atoms with van der Waals surface area (Å²) in [5.41, 5.74) is 0.851. The average Bonchev–Trinajstić information content (AvgIpc) is 2.75. The van der Waals surface area contributed by atoms with Crippen molar-refractivity contribution >= 4 is 22.0 Å². The zero-order chi connectivity index (χ0) is 9.26. The Kier molecular flexibility index (Phi) is 2.20. The van der Waals surface area contributed by atoms with E-state index in [-0.39, 0.29) is 0 Å². The maximum absolute atomic E-state index is 10.6. The summed E-state index contributed by atoms with van der Waals surface area (Å²) < 4.78 is 21.2. The van der Waals surface area contributed by atoms with Gasteiger partial charge in [-0.2, -0.15) is 0 Å². The number of aromatic nitrogens is 1. The lowest BCUT2D eigenvalue weighted by atomic mass is 10.3. The molecule has 0 fully saturated rings. The van der Waals surface area contributed by atoms with E-state index >= 15 is 0 Å². The highest BCUT2D eigenvalue weighted by Crippen LogP contribution is 2.24. The lowest BCUT2D eigenvalue weighted by Gasteiger charge is -1.87. The number of thiophene rings is 1. The molecule has 0 amide bonds. The molecular weight excluding hydrogens is 206 g/mol. The Balaban J connectivity index is 2.44. The predicted molar refractivity (Wildman–Crippen MR) is 52.7 cm³/mol. The fourth-order valence-corrected chi connectivity index (χ4v) is 2.17. The van der Waals surface area contributed by atoms with Crippen LogP contribution in [0, 0.1) is 0 Å². The molecule has 1 N–H and O–H groups in total. The minimum absolute atomic E-state index is 0.332. The summed E-state index contributed by atoms with van der Waals surface area (Å²) in [4.78, 5) is 4.29. The molecule has 68 valence electrons. The van der Waals surface area contributed by atoms with Crippen molar-refractivity contribution in [2.45, 2.75) is 4.90 Å². The molecule has 0 atom stereocenters. The SMILES string of the molecule is O=[SH](=O)c1c[nH]c(-c2cccs2)c1. The molecule has 2 heterocycles. The van der Waals surface area contributed by atoms with Gasteiger partial charge in [-0.15, -0.1) is 11.3 Å². The summed E-state index contributed by atoms with van der Waals surface area (Å²) in [5.74, 6) is 0.